The van der Waals surface area contributed by atoms with Crippen LogP contribution in [0, 0.1) is 0 Å². The molecule has 0 aromatic carbocycles. The SMILES string of the molecule is C=CN(C)c1ccncc1CCCC. The van der Waals surface area contributed by atoms with Gasteiger partial charge in [-0.25, -0.2) is 0 Å². The molecule has 0 spiro atoms. The van der Waals surface area contributed by atoms with Crippen LogP contribution in [0.15, 0.2) is 31.2 Å². The predicted molar refractivity (Wildman–Crippen MR) is 61.4 cm³/mol. The minimum Gasteiger partial charge on any atom is -0.351 e. The molecule has 0 aliphatic rings. The molecule has 76 valence electrons. The van der Waals surface area contributed by atoms with Crippen molar-refractivity contribution in [3.05, 3.63) is 36.8 Å². The molecule has 1 aromatic heterocycles. The number of unbranched alkanes of at least 4 members (excludes halogenated alkanes) is 1. The van der Waals surface area contributed by atoms with Crippen molar-refractivity contribution in [1.82, 2.24) is 4.98 Å². The van der Waals surface area contributed by atoms with Crippen molar-refractivity contribution < 1.29 is 0 Å². The van der Waals surface area contributed by atoms with E-state index >= 15 is 0 Å². The van der Waals surface area contributed by atoms with Crippen LogP contribution in [0.25, 0.3) is 0 Å². The highest BCUT2D eigenvalue weighted by Gasteiger charge is 2.03. The van der Waals surface area contributed by atoms with Crippen molar-refractivity contribution in [2.24, 2.45) is 0 Å². The van der Waals surface area contributed by atoms with Crippen LogP contribution < -0.4 is 4.90 Å². The van der Waals surface area contributed by atoms with E-state index in [4.69, 9.17) is 0 Å². The summed E-state index contributed by atoms with van der Waals surface area (Å²) in [5, 5.41) is 0. The minimum atomic E-state index is 1.10. The molecule has 1 aromatic rings. The average Bonchev–Trinajstić information content (AvgIpc) is 2.25. The highest BCUT2D eigenvalue weighted by atomic mass is 15.1. The Hall–Kier alpha value is -1.31. The first-order chi connectivity index (χ1) is 6.79. The Morgan fingerprint density at radius 2 is 2.36 bits per heavy atom. The predicted octanol–water partition coefficient (Wildman–Crippen LogP) is 3.00. The van der Waals surface area contributed by atoms with E-state index < -0.39 is 0 Å². The number of pyridine rings is 1. The first-order valence-electron chi connectivity index (χ1n) is 5.08. The van der Waals surface area contributed by atoms with Gasteiger partial charge in [0.05, 0.1) is 0 Å². The fourth-order valence-corrected chi connectivity index (χ4v) is 1.42. The highest BCUT2D eigenvalue weighted by molar-refractivity contribution is 5.53. The second-order valence-electron chi connectivity index (χ2n) is 3.40. The molecule has 0 aliphatic heterocycles. The van der Waals surface area contributed by atoms with Gasteiger partial charge in [-0.15, -0.1) is 0 Å². The average molecular weight is 190 g/mol. The zero-order chi connectivity index (χ0) is 10.4. The molecule has 0 atom stereocenters. The summed E-state index contributed by atoms with van der Waals surface area (Å²) in [4.78, 5) is 6.19. The summed E-state index contributed by atoms with van der Waals surface area (Å²) < 4.78 is 0. The number of hydrogen-bond acceptors (Lipinski definition) is 2. The van der Waals surface area contributed by atoms with E-state index in [1.165, 1.54) is 24.1 Å². The van der Waals surface area contributed by atoms with Gasteiger partial charge in [0.2, 0.25) is 0 Å². The zero-order valence-corrected chi connectivity index (χ0v) is 9.03. The van der Waals surface area contributed by atoms with Crippen molar-refractivity contribution in [3.63, 3.8) is 0 Å². The Balaban J connectivity index is 2.85. The molecule has 0 saturated carbocycles. The Morgan fingerprint density at radius 1 is 1.57 bits per heavy atom. The summed E-state index contributed by atoms with van der Waals surface area (Å²) in [5.41, 5.74) is 2.51. The number of nitrogens with zero attached hydrogens (tertiary/aromatic N) is 2. The maximum atomic E-state index is 4.15. The van der Waals surface area contributed by atoms with Crippen molar-refractivity contribution in [1.29, 1.82) is 0 Å². The molecule has 0 amide bonds. The number of aryl methyl sites for hydroxylation is 1. The second kappa shape index (κ2) is 5.43. The van der Waals surface area contributed by atoms with Gasteiger partial charge < -0.3 is 4.90 Å². The van der Waals surface area contributed by atoms with Gasteiger partial charge in [-0.2, -0.15) is 0 Å². The van der Waals surface area contributed by atoms with Gasteiger partial charge in [0.25, 0.3) is 0 Å². The largest absolute Gasteiger partial charge is 0.351 e. The normalized spacial score (nSPS) is 9.86. The Morgan fingerprint density at radius 3 is 3.00 bits per heavy atom. The first kappa shape index (κ1) is 10.8. The minimum absolute atomic E-state index is 1.10. The molecule has 0 saturated heterocycles. The molecule has 1 rings (SSSR count). The van der Waals surface area contributed by atoms with Crippen molar-refractivity contribution in [2.45, 2.75) is 26.2 Å². The lowest BCUT2D eigenvalue weighted by molar-refractivity contribution is 0.791. The van der Waals surface area contributed by atoms with Gasteiger partial charge in [0.1, 0.15) is 0 Å². The van der Waals surface area contributed by atoms with Crippen LogP contribution in [-0.2, 0) is 6.42 Å². The fourth-order valence-electron chi connectivity index (χ4n) is 1.42. The molecule has 0 N–H and O–H groups in total. The third-order valence-corrected chi connectivity index (χ3v) is 2.33. The van der Waals surface area contributed by atoms with Crippen molar-refractivity contribution >= 4 is 5.69 Å². The Labute approximate surface area is 86.3 Å². The molecule has 0 aliphatic carbocycles. The summed E-state index contributed by atoms with van der Waals surface area (Å²) in [6.07, 6.45) is 9.12. The standard InChI is InChI=1S/C12H18N2/c1-4-6-7-11-10-13-9-8-12(11)14(3)5-2/h5,8-10H,2,4,6-7H2,1,3H3. The van der Waals surface area contributed by atoms with Gasteiger partial charge in [-0.1, -0.05) is 19.9 Å². The fraction of sp³-hybridized carbons (Fsp3) is 0.417. The lowest BCUT2D eigenvalue weighted by Crippen LogP contribution is -2.10. The Kier molecular flexibility index (Phi) is 4.17. The molecule has 0 fully saturated rings. The van der Waals surface area contributed by atoms with Crippen molar-refractivity contribution in [3.8, 4) is 0 Å². The maximum absolute atomic E-state index is 4.15. The highest BCUT2D eigenvalue weighted by Crippen LogP contribution is 2.19. The third kappa shape index (κ3) is 2.59. The molecule has 2 heteroatoms. The smallest absolute Gasteiger partial charge is 0.0466 e. The van der Waals surface area contributed by atoms with Gasteiger partial charge in [0.15, 0.2) is 0 Å². The zero-order valence-electron chi connectivity index (χ0n) is 9.03. The summed E-state index contributed by atoms with van der Waals surface area (Å²) in [6, 6.07) is 2.03. The lowest BCUT2D eigenvalue weighted by Gasteiger charge is -2.17. The van der Waals surface area contributed by atoms with Gasteiger partial charge in [-0.05, 0) is 30.7 Å². The molecule has 1 heterocycles. The van der Waals surface area contributed by atoms with Gasteiger partial charge in [0, 0.05) is 25.1 Å². The maximum Gasteiger partial charge on any atom is 0.0466 e. The van der Waals surface area contributed by atoms with E-state index in [9.17, 15) is 0 Å². The van der Waals surface area contributed by atoms with Crippen molar-refractivity contribution in [2.75, 3.05) is 11.9 Å². The summed E-state index contributed by atoms with van der Waals surface area (Å²) in [6.45, 7) is 5.97. The van der Waals surface area contributed by atoms with E-state index in [0.29, 0.717) is 0 Å². The number of aromatic nitrogens is 1. The molecular weight excluding hydrogens is 172 g/mol. The van der Waals surface area contributed by atoms with Crippen LogP contribution in [-0.4, -0.2) is 12.0 Å². The number of anilines is 1. The van der Waals surface area contributed by atoms with Crippen LogP contribution in [0.2, 0.25) is 0 Å². The van der Waals surface area contributed by atoms with Crippen LogP contribution in [0.5, 0.6) is 0 Å². The number of hydrogen-bond donors (Lipinski definition) is 0. The van der Waals surface area contributed by atoms with E-state index in [2.05, 4.69) is 18.5 Å². The van der Waals surface area contributed by atoms with E-state index in [0.717, 1.165) is 6.42 Å². The molecule has 0 bridgehead atoms. The van der Waals surface area contributed by atoms with E-state index in [1.54, 1.807) is 0 Å². The van der Waals surface area contributed by atoms with Crippen LogP contribution in [0.3, 0.4) is 0 Å². The topological polar surface area (TPSA) is 16.1 Å². The summed E-state index contributed by atoms with van der Waals surface area (Å²) in [7, 11) is 2.01. The molecular formula is C12H18N2. The van der Waals surface area contributed by atoms with E-state index in [-0.39, 0.29) is 0 Å². The van der Waals surface area contributed by atoms with Crippen LogP contribution >= 0.6 is 0 Å². The molecule has 0 radical (unpaired) electrons. The monoisotopic (exact) mass is 190 g/mol. The molecule has 0 unspecified atom stereocenters. The molecule has 2 nitrogen and oxygen atoms in total. The van der Waals surface area contributed by atoms with E-state index in [1.807, 2.05) is 36.6 Å². The van der Waals surface area contributed by atoms with Gasteiger partial charge in [-0.3, -0.25) is 4.98 Å². The second-order valence-corrected chi connectivity index (χ2v) is 3.40. The van der Waals surface area contributed by atoms with Gasteiger partial charge >= 0.3 is 0 Å². The van der Waals surface area contributed by atoms with Crippen LogP contribution in [0.4, 0.5) is 5.69 Å². The Bertz CT molecular complexity index is 294. The third-order valence-electron chi connectivity index (χ3n) is 2.33. The van der Waals surface area contributed by atoms with Crippen LogP contribution in [0.1, 0.15) is 25.3 Å². The lowest BCUT2D eigenvalue weighted by atomic mass is 10.1. The first-order valence-corrected chi connectivity index (χ1v) is 5.08. The number of rotatable bonds is 5. The molecule has 14 heavy (non-hydrogen) atoms. The summed E-state index contributed by atoms with van der Waals surface area (Å²) in [5.74, 6) is 0. The quantitative estimate of drug-likeness (QED) is 0.709. The summed E-state index contributed by atoms with van der Waals surface area (Å²) >= 11 is 0.